The number of rotatable bonds is 4. The number of aliphatic imine (C=N–C) groups is 1. The number of aromatic nitrogens is 1. The molecule has 0 atom stereocenters. The van der Waals surface area contributed by atoms with E-state index in [0.717, 1.165) is 29.9 Å². The Bertz CT molecular complexity index is 544. The smallest absolute Gasteiger partial charge is 0.194 e. The first-order chi connectivity index (χ1) is 10.2. The maximum atomic E-state index is 4.80. The molecule has 1 N–H and O–H groups in total. The molecule has 0 radical (unpaired) electrons. The molecule has 124 valence electrons. The summed E-state index contributed by atoms with van der Waals surface area (Å²) in [5.41, 5.74) is 1.45. The van der Waals surface area contributed by atoms with E-state index in [1.807, 2.05) is 19.0 Å². The zero-order chi connectivity index (χ0) is 16.5. The van der Waals surface area contributed by atoms with Gasteiger partial charge in [-0.05, 0) is 20.8 Å². The van der Waals surface area contributed by atoms with Crippen molar-refractivity contribution in [2.45, 2.75) is 46.7 Å². The fourth-order valence-electron chi connectivity index (χ4n) is 2.53. The van der Waals surface area contributed by atoms with Crippen LogP contribution in [0.4, 0.5) is 5.13 Å². The van der Waals surface area contributed by atoms with E-state index in [0.29, 0.717) is 12.0 Å². The van der Waals surface area contributed by atoms with Gasteiger partial charge < -0.3 is 15.1 Å². The van der Waals surface area contributed by atoms with Crippen LogP contribution < -0.4 is 10.2 Å². The second kappa shape index (κ2) is 6.07. The molecule has 1 aliphatic heterocycles. The SMILES string of the molecule is CCNC(=NCc1csc(N(C)C)n1)N1CC(C)(C)C1(C)C. The van der Waals surface area contributed by atoms with Crippen LogP contribution in [0.25, 0.3) is 0 Å². The molecule has 1 aromatic rings. The standard InChI is InChI=1S/C16H29N5S/c1-8-17-13(21-11-15(2,3)16(21,4)5)18-9-12-10-22-14(19-12)20(6)7/h10H,8-9,11H2,1-7H3,(H,17,18). The monoisotopic (exact) mass is 323 g/mol. The summed E-state index contributed by atoms with van der Waals surface area (Å²) in [5, 5.41) is 6.54. The molecule has 0 saturated carbocycles. The van der Waals surface area contributed by atoms with Gasteiger partial charge in [-0.2, -0.15) is 0 Å². The van der Waals surface area contributed by atoms with Gasteiger partial charge in [-0.25, -0.2) is 9.98 Å². The van der Waals surface area contributed by atoms with Crippen LogP contribution >= 0.6 is 11.3 Å². The minimum absolute atomic E-state index is 0.116. The number of hydrogen-bond acceptors (Lipinski definition) is 4. The van der Waals surface area contributed by atoms with Gasteiger partial charge >= 0.3 is 0 Å². The number of hydrogen-bond donors (Lipinski definition) is 1. The van der Waals surface area contributed by atoms with Crippen LogP contribution in [-0.2, 0) is 6.54 Å². The first kappa shape index (κ1) is 17.1. The van der Waals surface area contributed by atoms with Gasteiger partial charge in [0, 0.05) is 43.5 Å². The van der Waals surface area contributed by atoms with Gasteiger partial charge in [-0.1, -0.05) is 13.8 Å². The molecule has 0 bridgehead atoms. The van der Waals surface area contributed by atoms with E-state index in [1.165, 1.54) is 0 Å². The van der Waals surface area contributed by atoms with Crippen LogP contribution in [0.5, 0.6) is 0 Å². The van der Waals surface area contributed by atoms with Crippen LogP contribution in [-0.4, -0.2) is 48.6 Å². The third kappa shape index (κ3) is 3.07. The second-order valence-electron chi connectivity index (χ2n) is 7.22. The van der Waals surface area contributed by atoms with Crippen LogP contribution in [0.2, 0.25) is 0 Å². The number of nitrogens with zero attached hydrogens (tertiary/aromatic N) is 4. The van der Waals surface area contributed by atoms with Crippen LogP contribution in [0, 0.1) is 5.41 Å². The molecule has 0 spiro atoms. The minimum Gasteiger partial charge on any atom is -0.356 e. The van der Waals surface area contributed by atoms with Crippen molar-refractivity contribution < 1.29 is 0 Å². The Morgan fingerprint density at radius 1 is 1.41 bits per heavy atom. The quantitative estimate of drug-likeness (QED) is 0.683. The molecule has 2 rings (SSSR count). The number of likely N-dealkylation sites (tertiary alicyclic amines) is 1. The Labute approximate surface area is 138 Å². The summed E-state index contributed by atoms with van der Waals surface area (Å²) in [6.07, 6.45) is 0. The summed E-state index contributed by atoms with van der Waals surface area (Å²) in [4.78, 5) is 13.8. The first-order valence-corrected chi connectivity index (χ1v) is 8.74. The lowest BCUT2D eigenvalue weighted by Gasteiger charge is -2.62. The Hall–Kier alpha value is -1.30. The van der Waals surface area contributed by atoms with Gasteiger partial charge in [-0.3, -0.25) is 0 Å². The zero-order valence-electron chi connectivity index (χ0n) is 14.9. The maximum absolute atomic E-state index is 4.80. The van der Waals surface area contributed by atoms with E-state index in [1.54, 1.807) is 11.3 Å². The molecular weight excluding hydrogens is 294 g/mol. The molecule has 0 aromatic carbocycles. The number of guanidine groups is 1. The largest absolute Gasteiger partial charge is 0.356 e. The van der Waals surface area contributed by atoms with Crippen molar-refractivity contribution in [2.24, 2.45) is 10.4 Å². The van der Waals surface area contributed by atoms with Crippen molar-refractivity contribution >= 4 is 22.4 Å². The van der Waals surface area contributed by atoms with Crippen LogP contribution in [0.15, 0.2) is 10.4 Å². The van der Waals surface area contributed by atoms with Gasteiger partial charge in [-0.15, -0.1) is 11.3 Å². The lowest BCUT2D eigenvalue weighted by atomic mass is 9.65. The van der Waals surface area contributed by atoms with Crippen molar-refractivity contribution in [1.82, 2.24) is 15.2 Å². The van der Waals surface area contributed by atoms with Crippen molar-refractivity contribution in [3.8, 4) is 0 Å². The predicted molar refractivity (Wildman–Crippen MR) is 95.8 cm³/mol. The topological polar surface area (TPSA) is 43.8 Å². The van der Waals surface area contributed by atoms with Gasteiger partial charge in [0.2, 0.25) is 0 Å². The van der Waals surface area contributed by atoms with E-state index in [4.69, 9.17) is 4.99 Å². The summed E-state index contributed by atoms with van der Waals surface area (Å²) in [5.74, 6) is 0.992. The van der Waals surface area contributed by atoms with E-state index in [9.17, 15) is 0 Å². The first-order valence-electron chi connectivity index (χ1n) is 7.86. The number of thiazole rings is 1. The Morgan fingerprint density at radius 3 is 2.55 bits per heavy atom. The Kier molecular flexibility index (Phi) is 4.70. The normalized spacial score (nSPS) is 19.8. The summed E-state index contributed by atoms with van der Waals surface area (Å²) < 4.78 is 0. The highest BCUT2D eigenvalue weighted by Crippen LogP contribution is 2.46. The summed E-state index contributed by atoms with van der Waals surface area (Å²) in [7, 11) is 4.03. The van der Waals surface area contributed by atoms with Crippen molar-refractivity contribution in [3.63, 3.8) is 0 Å². The van der Waals surface area contributed by atoms with Crippen LogP contribution in [0.1, 0.15) is 40.3 Å². The van der Waals surface area contributed by atoms with Crippen molar-refractivity contribution in [3.05, 3.63) is 11.1 Å². The maximum Gasteiger partial charge on any atom is 0.194 e. The third-order valence-corrected chi connectivity index (χ3v) is 5.85. The highest BCUT2D eigenvalue weighted by Gasteiger charge is 2.53. The Morgan fingerprint density at radius 2 is 2.09 bits per heavy atom. The fraction of sp³-hybridized carbons (Fsp3) is 0.750. The van der Waals surface area contributed by atoms with Crippen molar-refractivity contribution in [2.75, 3.05) is 32.1 Å². The average molecular weight is 324 g/mol. The molecule has 0 aliphatic carbocycles. The minimum atomic E-state index is 0.116. The lowest BCUT2D eigenvalue weighted by molar-refractivity contribution is -0.0667. The molecule has 0 unspecified atom stereocenters. The van der Waals surface area contributed by atoms with Gasteiger partial charge in [0.15, 0.2) is 11.1 Å². The molecule has 22 heavy (non-hydrogen) atoms. The van der Waals surface area contributed by atoms with Gasteiger partial charge in [0.1, 0.15) is 0 Å². The molecule has 2 heterocycles. The lowest BCUT2D eigenvalue weighted by Crippen LogP contribution is -2.72. The molecule has 1 aromatic heterocycles. The van der Waals surface area contributed by atoms with Gasteiger partial charge in [0.25, 0.3) is 0 Å². The fourth-order valence-corrected chi connectivity index (χ4v) is 3.27. The molecule has 5 nitrogen and oxygen atoms in total. The number of anilines is 1. The second-order valence-corrected chi connectivity index (χ2v) is 8.05. The summed E-state index contributed by atoms with van der Waals surface area (Å²) in [6, 6.07) is 0. The highest BCUT2D eigenvalue weighted by molar-refractivity contribution is 7.13. The van der Waals surface area contributed by atoms with E-state index in [2.05, 4.69) is 55.2 Å². The third-order valence-electron chi connectivity index (χ3n) is 4.79. The molecule has 1 fully saturated rings. The zero-order valence-corrected chi connectivity index (χ0v) is 15.7. The van der Waals surface area contributed by atoms with Crippen LogP contribution in [0.3, 0.4) is 0 Å². The van der Waals surface area contributed by atoms with Crippen molar-refractivity contribution in [1.29, 1.82) is 0 Å². The molecule has 0 amide bonds. The Balaban J connectivity index is 2.11. The summed E-state index contributed by atoms with van der Waals surface area (Å²) >= 11 is 1.66. The molecule has 1 aliphatic rings. The molecule has 6 heteroatoms. The average Bonchev–Trinajstić information content (AvgIpc) is 2.90. The highest BCUT2D eigenvalue weighted by atomic mass is 32.1. The predicted octanol–water partition coefficient (Wildman–Crippen LogP) is 2.80. The molecule has 1 saturated heterocycles. The van der Waals surface area contributed by atoms with E-state index >= 15 is 0 Å². The van der Waals surface area contributed by atoms with E-state index < -0.39 is 0 Å². The van der Waals surface area contributed by atoms with Gasteiger partial charge in [0.05, 0.1) is 12.2 Å². The molecular formula is C16H29N5S. The summed E-state index contributed by atoms with van der Waals surface area (Å²) in [6.45, 7) is 13.9. The number of nitrogens with one attached hydrogen (secondary N) is 1. The van der Waals surface area contributed by atoms with E-state index in [-0.39, 0.29) is 5.54 Å².